The second-order valence-corrected chi connectivity index (χ2v) is 8.76. The molecule has 2 aliphatic heterocycles. The zero-order chi connectivity index (χ0) is 26.6. The van der Waals surface area contributed by atoms with Gasteiger partial charge in [-0.3, -0.25) is 14.7 Å². The van der Waals surface area contributed by atoms with Crippen LogP contribution in [-0.2, 0) is 14.3 Å². The Labute approximate surface area is 219 Å². The van der Waals surface area contributed by atoms with E-state index in [2.05, 4.69) is 42.4 Å². The lowest BCUT2D eigenvalue weighted by Crippen LogP contribution is -2.41. The molecule has 0 atom stereocenters. The Morgan fingerprint density at radius 3 is 2.87 bits per heavy atom. The SMILES string of the molecule is C=C(N=C/C(=C\C)c1cnc2n[nH]c(-c3nc4c([nH]3)C(C(=O)N3CCOCC3)=CCN4)c2c1)NC(=O)CC. The molecule has 0 aromatic carbocycles. The number of pyridine rings is 1. The molecule has 1 fully saturated rings. The maximum Gasteiger partial charge on any atom is 0.256 e. The van der Waals surface area contributed by atoms with E-state index in [0.717, 1.165) is 16.5 Å². The van der Waals surface area contributed by atoms with Crippen molar-refractivity contribution in [3.8, 4) is 11.5 Å². The van der Waals surface area contributed by atoms with E-state index in [4.69, 9.17) is 9.72 Å². The Morgan fingerprint density at radius 2 is 2.11 bits per heavy atom. The summed E-state index contributed by atoms with van der Waals surface area (Å²) in [4.78, 5) is 43.4. The Balaban J connectivity index is 1.43. The summed E-state index contributed by atoms with van der Waals surface area (Å²) in [6.07, 6.45) is 7.45. The van der Waals surface area contributed by atoms with Crippen molar-refractivity contribution < 1.29 is 14.3 Å². The van der Waals surface area contributed by atoms with Crippen LogP contribution in [0.2, 0.25) is 0 Å². The number of nitrogens with one attached hydrogen (secondary N) is 4. The summed E-state index contributed by atoms with van der Waals surface area (Å²) in [5.41, 5.74) is 4.00. The molecule has 1 saturated heterocycles. The number of fused-ring (bicyclic) bond motifs is 2. The van der Waals surface area contributed by atoms with Crippen LogP contribution in [0.25, 0.3) is 33.7 Å². The van der Waals surface area contributed by atoms with E-state index in [9.17, 15) is 9.59 Å². The van der Waals surface area contributed by atoms with Gasteiger partial charge in [-0.05, 0) is 18.6 Å². The molecule has 3 aromatic rings. The van der Waals surface area contributed by atoms with E-state index in [1.165, 1.54) is 0 Å². The average molecular weight is 516 g/mol. The average Bonchev–Trinajstić information content (AvgIpc) is 3.57. The molecule has 0 saturated carbocycles. The summed E-state index contributed by atoms with van der Waals surface area (Å²) in [5.74, 6) is 1.22. The summed E-state index contributed by atoms with van der Waals surface area (Å²) >= 11 is 0. The number of imidazole rings is 1. The van der Waals surface area contributed by atoms with Gasteiger partial charge in [0.15, 0.2) is 17.3 Å². The van der Waals surface area contributed by atoms with Gasteiger partial charge in [0.05, 0.1) is 29.9 Å². The molecule has 2 aliphatic rings. The number of aliphatic imine (C=N–C) groups is 1. The molecule has 2 amide bonds. The summed E-state index contributed by atoms with van der Waals surface area (Å²) in [7, 11) is 0. The number of allylic oxidation sites excluding steroid dienone is 2. The number of H-pyrrole nitrogens is 2. The van der Waals surface area contributed by atoms with Gasteiger partial charge in [0, 0.05) is 44.0 Å². The third-order valence-electron chi connectivity index (χ3n) is 6.33. The van der Waals surface area contributed by atoms with Crippen LogP contribution < -0.4 is 10.6 Å². The quantitative estimate of drug-likeness (QED) is 0.353. The van der Waals surface area contributed by atoms with Crippen molar-refractivity contribution in [2.75, 3.05) is 38.2 Å². The molecule has 0 radical (unpaired) electrons. The predicted octanol–water partition coefficient (Wildman–Crippen LogP) is 2.49. The number of morpholine rings is 1. The van der Waals surface area contributed by atoms with Gasteiger partial charge in [-0.1, -0.05) is 25.7 Å². The van der Waals surface area contributed by atoms with E-state index in [1.807, 2.05) is 25.1 Å². The number of nitrogens with zero attached hydrogens (tertiary/aromatic N) is 5. The highest BCUT2D eigenvalue weighted by Gasteiger charge is 2.28. The van der Waals surface area contributed by atoms with Crippen LogP contribution in [0.4, 0.5) is 5.82 Å². The van der Waals surface area contributed by atoms with E-state index in [0.29, 0.717) is 73.5 Å². The first-order valence-electron chi connectivity index (χ1n) is 12.4. The van der Waals surface area contributed by atoms with Crippen molar-refractivity contribution in [1.82, 2.24) is 35.4 Å². The first-order valence-corrected chi connectivity index (χ1v) is 12.4. The van der Waals surface area contributed by atoms with Crippen molar-refractivity contribution in [2.24, 2.45) is 4.99 Å². The van der Waals surface area contributed by atoms with Gasteiger partial charge in [-0.25, -0.2) is 15.0 Å². The van der Waals surface area contributed by atoms with E-state index < -0.39 is 0 Å². The maximum absolute atomic E-state index is 13.2. The third kappa shape index (κ3) is 4.98. The molecular formula is C26H29N9O3. The Bertz CT molecular complexity index is 1490. The van der Waals surface area contributed by atoms with Gasteiger partial charge in [-0.2, -0.15) is 5.10 Å². The summed E-state index contributed by atoms with van der Waals surface area (Å²) < 4.78 is 5.39. The number of carbonyl (C=O) groups excluding carboxylic acids is 2. The highest BCUT2D eigenvalue weighted by atomic mass is 16.5. The molecule has 196 valence electrons. The summed E-state index contributed by atoms with van der Waals surface area (Å²) in [5, 5.41) is 14.0. The molecule has 5 heterocycles. The summed E-state index contributed by atoms with van der Waals surface area (Å²) in [6.45, 7) is 10.1. The standard InChI is InChI=1S/C26H29N9O3/c1-4-16(13-28-15(3)30-20(36)5-2)17-12-19-22(33-34-23(19)29-14-17)25-31-21-18(6-7-27-24(21)32-25)26(37)35-8-10-38-11-9-35/h4,6,12-14,27H,3,5,7-11H2,1-2H3,(H,30,36)(H,31,32)(H,29,33,34)/b16-4+,28-13?. The highest BCUT2D eigenvalue weighted by molar-refractivity contribution is 6.21. The van der Waals surface area contributed by atoms with Crippen molar-refractivity contribution in [2.45, 2.75) is 20.3 Å². The Morgan fingerprint density at radius 1 is 1.29 bits per heavy atom. The Kier molecular flexibility index (Phi) is 7.13. The zero-order valence-corrected chi connectivity index (χ0v) is 21.3. The van der Waals surface area contributed by atoms with Crippen LogP contribution in [0, 0.1) is 0 Å². The van der Waals surface area contributed by atoms with Gasteiger partial charge < -0.3 is 25.3 Å². The fourth-order valence-corrected chi connectivity index (χ4v) is 4.28. The second kappa shape index (κ2) is 10.8. The van der Waals surface area contributed by atoms with Crippen LogP contribution in [0.15, 0.2) is 41.8 Å². The topological polar surface area (TPSA) is 153 Å². The number of aromatic nitrogens is 5. The number of hydrogen-bond donors (Lipinski definition) is 4. The molecule has 4 N–H and O–H groups in total. The van der Waals surface area contributed by atoms with Crippen LogP contribution in [0.1, 0.15) is 31.5 Å². The maximum atomic E-state index is 13.2. The molecule has 38 heavy (non-hydrogen) atoms. The molecule has 12 nitrogen and oxygen atoms in total. The van der Waals surface area contributed by atoms with Crippen LogP contribution in [0.3, 0.4) is 0 Å². The van der Waals surface area contributed by atoms with E-state index >= 15 is 0 Å². The van der Waals surface area contributed by atoms with Gasteiger partial charge in [-0.15, -0.1) is 0 Å². The fourth-order valence-electron chi connectivity index (χ4n) is 4.28. The van der Waals surface area contributed by atoms with Crippen molar-refractivity contribution in [1.29, 1.82) is 0 Å². The lowest BCUT2D eigenvalue weighted by molar-refractivity contribution is -0.129. The van der Waals surface area contributed by atoms with E-state index in [1.54, 1.807) is 24.2 Å². The minimum atomic E-state index is -0.152. The molecule has 0 unspecified atom stereocenters. The minimum Gasteiger partial charge on any atom is -0.378 e. The molecule has 5 rings (SSSR count). The number of hydrogen-bond acceptors (Lipinski definition) is 8. The normalized spacial score (nSPS) is 15.8. The van der Waals surface area contributed by atoms with Gasteiger partial charge in [0.1, 0.15) is 11.5 Å². The Hall–Kier alpha value is -4.58. The number of aromatic amines is 2. The van der Waals surface area contributed by atoms with Crippen LogP contribution >= 0.6 is 0 Å². The van der Waals surface area contributed by atoms with Crippen LogP contribution in [-0.4, -0.2) is 80.9 Å². The van der Waals surface area contributed by atoms with Gasteiger partial charge in [0.2, 0.25) is 5.91 Å². The third-order valence-corrected chi connectivity index (χ3v) is 6.33. The number of carbonyl (C=O) groups is 2. The minimum absolute atomic E-state index is 0.0431. The number of anilines is 1. The monoisotopic (exact) mass is 515 g/mol. The number of ether oxygens (including phenoxy) is 1. The van der Waals surface area contributed by atoms with Crippen LogP contribution in [0.5, 0.6) is 0 Å². The zero-order valence-electron chi connectivity index (χ0n) is 21.3. The van der Waals surface area contributed by atoms with Crippen molar-refractivity contribution in [3.63, 3.8) is 0 Å². The molecule has 0 aliphatic carbocycles. The molecule has 3 aromatic heterocycles. The smallest absolute Gasteiger partial charge is 0.256 e. The lowest BCUT2D eigenvalue weighted by Gasteiger charge is -2.28. The van der Waals surface area contributed by atoms with Crippen molar-refractivity contribution >= 4 is 46.0 Å². The summed E-state index contributed by atoms with van der Waals surface area (Å²) in [6, 6.07) is 1.94. The first kappa shape index (κ1) is 25.1. The second-order valence-electron chi connectivity index (χ2n) is 8.76. The number of amides is 2. The van der Waals surface area contributed by atoms with E-state index in [-0.39, 0.29) is 17.6 Å². The molecular weight excluding hydrogens is 486 g/mol. The lowest BCUT2D eigenvalue weighted by atomic mass is 10.1. The van der Waals surface area contributed by atoms with Gasteiger partial charge in [0.25, 0.3) is 5.91 Å². The predicted molar refractivity (Wildman–Crippen MR) is 145 cm³/mol. The number of rotatable bonds is 7. The molecule has 12 heteroatoms. The van der Waals surface area contributed by atoms with Gasteiger partial charge >= 0.3 is 0 Å². The van der Waals surface area contributed by atoms with Crippen molar-refractivity contribution in [3.05, 3.63) is 48.1 Å². The largest absolute Gasteiger partial charge is 0.378 e. The fraction of sp³-hybridized carbons (Fsp3) is 0.308. The molecule has 0 spiro atoms. The molecule has 0 bridgehead atoms. The highest BCUT2D eigenvalue weighted by Crippen LogP contribution is 2.32. The first-order chi connectivity index (χ1) is 18.5.